The van der Waals surface area contributed by atoms with E-state index in [1.54, 1.807) is 7.05 Å². The van der Waals surface area contributed by atoms with Crippen molar-refractivity contribution in [1.82, 2.24) is 10.6 Å². The molecule has 1 aromatic carbocycles. The lowest BCUT2D eigenvalue weighted by molar-refractivity contribution is -0.128. The summed E-state index contributed by atoms with van der Waals surface area (Å²) in [6, 6.07) is 8.96. The summed E-state index contributed by atoms with van der Waals surface area (Å²) < 4.78 is 0. The molecule has 2 unspecified atom stereocenters. The molecule has 1 aliphatic rings. The summed E-state index contributed by atoms with van der Waals surface area (Å²) in [4.78, 5) is 11.8. The van der Waals surface area contributed by atoms with E-state index in [2.05, 4.69) is 41.8 Å². The van der Waals surface area contributed by atoms with Crippen LogP contribution in [-0.2, 0) is 11.2 Å². The Morgan fingerprint density at radius 3 is 2.74 bits per heavy atom. The largest absolute Gasteiger partial charge is 0.359 e. The first-order valence-electron chi connectivity index (χ1n) is 6.99. The molecule has 1 amide bonds. The van der Waals surface area contributed by atoms with E-state index in [0.717, 1.165) is 6.42 Å². The summed E-state index contributed by atoms with van der Waals surface area (Å²) in [5.74, 6) is 0.664. The molecule has 0 saturated heterocycles. The van der Waals surface area contributed by atoms with Crippen molar-refractivity contribution in [3.05, 3.63) is 35.4 Å². The molecule has 1 aromatic rings. The van der Waals surface area contributed by atoms with Gasteiger partial charge in [-0.05, 0) is 37.3 Å². The Hall–Kier alpha value is -1.35. The minimum atomic E-state index is -0.383. The summed E-state index contributed by atoms with van der Waals surface area (Å²) in [6.07, 6.45) is 1.12. The van der Waals surface area contributed by atoms with Gasteiger partial charge in [-0.25, -0.2) is 0 Å². The molecule has 2 rings (SSSR count). The highest BCUT2D eigenvalue weighted by atomic mass is 16.2. The zero-order valence-electron chi connectivity index (χ0n) is 12.3. The van der Waals surface area contributed by atoms with E-state index in [1.807, 2.05) is 13.8 Å². The van der Waals surface area contributed by atoms with E-state index >= 15 is 0 Å². The third-order valence-electron chi connectivity index (χ3n) is 4.11. The van der Waals surface area contributed by atoms with Crippen molar-refractivity contribution in [1.29, 1.82) is 0 Å². The summed E-state index contributed by atoms with van der Waals surface area (Å²) >= 11 is 0. The highest BCUT2D eigenvalue weighted by Gasteiger charge is 2.32. The molecule has 0 aromatic heterocycles. The first-order chi connectivity index (χ1) is 8.95. The Kier molecular flexibility index (Phi) is 3.95. The Bertz CT molecular complexity index is 468. The second-order valence-corrected chi connectivity index (χ2v) is 6.20. The molecule has 104 valence electrons. The first kappa shape index (κ1) is 14.1. The number of hydrogen-bond donors (Lipinski definition) is 2. The first-order valence-corrected chi connectivity index (χ1v) is 6.99. The maximum Gasteiger partial charge on any atom is 0.226 e. The van der Waals surface area contributed by atoms with E-state index in [-0.39, 0.29) is 11.3 Å². The molecule has 0 saturated carbocycles. The van der Waals surface area contributed by atoms with Crippen LogP contribution in [-0.4, -0.2) is 19.5 Å². The molecule has 0 fully saturated rings. The molecule has 0 spiro atoms. The van der Waals surface area contributed by atoms with Crippen molar-refractivity contribution in [2.75, 3.05) is 13.6 Å². The van der Waals surface area contributed by atoms with Gasteiger partial charge >= 0.3 is 0 Å². The van der Waals surface area contributed by atoms with Crippen LogP contribution in [0.1, 0.15) is 37.9 Å². The number of carbonyl (C=O) groups excluding carboxylic acids is 1. The van der Waals surface area contributed by atoms with Gasteiger partial charge in [0.2, 0.25) is 5.91 Å². The highest BCUT2D eigenvalue weighted by molar-refractivity contribution is 5.81. The van der Waals surface area contributed by atoms with Gasteiger partial charge < -0.3 is 10.6 Å². The summed E-state index contributed by atoms with van der Waals surface area (Å²) in [5, 5.41) is 6.31. The maximum atomic E-state index is 11.8. The lowest BCUT2D eigenvalue weighted by Gasteiger charge is -2.27. The van der Waals surface area contributed by atoms with E-state index in [0.29, 0.717) is 18.5 Å². The van der Waals surface area contributed by atoms with Crippen molar-refractivity contribution in [2.24, 2.45) is 11.3 Å². The molecule has 0 bridgehead atoms. The van der Waals surface area contributed by atoms with Gasteiger partial charge in [0.1, 0.15) is 0 Å². The van der Waals surface area contributed by atoms with E-state index in [1.165, 1.54) is 11.1 Å². The van der Waals surface area contributed by atoms with Crippen molar-refractivity contribution in [2.45, 2.75) is 33.2 Å². The molecule has 19 heavy (non-hydrogen) atoms. The average Bonchev–Trinajstić information content (AvgIpc) is 2.71. The molecule has 2 atom stereocenters. The number of carbonyl (C=O) groups is 1. The van der Waals surface area contributed by atoms with Crippen LogP contribution < -0.4 is 10.6 Å². The van der Waals surface area contributed by atoms with Crippen LogP contribution in [0.25, 0.3) is 0 Å². The van der Waals surface area contributed by atoms with Gasteiger partial charge in [0.05, 0.1) is 5.41 Å². The van der Waals surface area contributed by atoms with Crippen LogP contribution in [0.5, 0.6) is 0 Å². The molecule has 0 aliphatic heterocycles. The van der Waals surface area contributed by atoms with Crippen molar-refractivity contribution < 1.29 is 4.79 Å². The van der Waals surface area contributed by atoms with Crippen LogP contribution in [0, 0.1) is 11.3 Å². The van der Waals surface area contributed by atoms with E-state index < -0.39 is 0 Å². The van der Waals surface area contributed by atoms with Crippen LogP contribution in [0.15, 0.2) is 24.3 Å². The fraction of sp³-hybridized carbons (Fsp3) is 0.562. The molecule has 0 heterocycles. The molecule has 1 aliphatic carbocycles. The fourth-order valence-electron chi connectivity index (χ4n) is 2.89. The second-order valence-electron chi connectivity index (χ2n) is 6.20. The van der Waals surface area contributed by atoms with Gasteiger partial charge in [-0.15, -0.1) is 0 Å². The number of rotatable bonds is 4. The Morgan fingerprint density at radius 1 is 1.37 bits per heavy atom. The van der Waals surface area contributed by atoms with E-state index in [4.69, 9.17) is 0 Å². The minimum absolute atomic E-state index is 0.0823. The molecule has 2 N–H and O–H groups in total. The van der Waals surface area contributed by atoms with Crippen LogP contribution >= 0.6 is 0 Å². The van der Waals surface area contributed by atoms with Crippen molar-refractivity contribution in [3.63, 3.8) is 0 Å². The van der Waals surface area contributed by atoms with Gasteiger partial charge in [0, 0.05) is 19.6 Å². The smallest absolute Gasteiger partial charge is 0.226 e. The van der Waals surface area contributed by atoms with Gasteiger partial charge in [0.25, 0.3) is 0 Å². The topological polar surface area (TPSA) is 41.1 Å². The van der Waals surface area contributed by atoms with Gasteiger partial charge in [-0.3, -0.25) is 4.79 Å². The van der Waals surface area contributed by atoms with Crippen molar-refractivity contribution in [3.8, 4) is 0 Å². The zero-order chi connectivity index (χ0) is 14.0. The second kappa shape index (κ2) is 5.33. The van der Waals surface area contributed by atoms with Crippen molar-refractivity contribution >= 4 is 5.91 Å². The number of fused-ring (bicyclic) bond motifs is 1. The monoisotopic (exact) mass is 260 g/mol. The van der Waals surface area contributed by atoms with Gasteiger partial charge in [-0.2, -0.15) is 0 Å². The van der Waals surface area contributed by atoms with Gasteiger partial charge in [-0.1, -0.05) is 31.2 Å². The average molecular weight is 260 g/mol. The predicted molar refractivity (Wildman–Crippen MR) is 77.9 cm³/mol. The fourth-order valence-corrected chi connectivity index (χ4v) is 2.89. The Balaban J connectivity index is 2.06. The third kappa shape index (κ3) is 2.81. The quantitative estimate of drug-likeness (QED) is 0.872. The molecular formula is C16H24N2O. The third-order valence-corrected chi connectivity index (χ3v) is 4.11. The van der Waals surface area contributed by atoms with Crippen LogP contribution in [0.2, 0.25) is 0 Å². The molecule has 3 heteroatoms. The summed E-state index contributed by atoms with van der Waals surface area (Å²) in [7, 11) is 1.69. The number of amides is 1. The summed E-state index contributed by atoms with van der Waals surface area (Å²) in [5.41, 5.74) is 2.44. The summed E-state index contributed by atoms with van der Waals surface area (Å²) in [6.45, 7) is 6.91. The van der Waals surface area contributed by atoms with Crippen LogP contribution in [0.4, 0.5) is 0 Å². The van der Waals surface area contributed by atoms with E-state index in [9.17, 15) is 4.79 Å². The number of benzene rings is 1. The minimum Gasteiger partial charge on any atom is -0.359 e. The number of hydrogen-bond acceptors (Lipinski definition) is 2. The Morgan fingerprint density at radius 2 is 2.05 bits per heavy atom. The predicted octanol–water partition coefficient (Wildman–Crippen LogP) is 2.28. The lowest BCUT2D eigenvalue weighted by Crippen LogP contribution is -2.43. The Labute approximate surface area is 115 Å². The SMILES string of the molecule is CNC(=O)C(C)(C)CNC1c2ccccc2CC1C. The number of nitrogens with one attached hydrogen (secondary N) is 2. The lowest BCUT2D eigenvalue weighted by atomic mass is 9.91. The molecular weight excluding hydrogens is 236 g/mol. The van der Waals surface area contributed by atoms with Crippen LogP contribution in [0.3, 0.4) is 0 Å². The maximum absolute atomic E-state index is 11.8. The highest BCUT2D eigenvalue weighted by Crippen LogP contribution is 2.36. The zero-order valence-corrected chi connectivity index (χ0v) is 12.3. The standard InChI is InChI=1S/C16H24N2O/c1-11-9-12-7-5-6-8-13(12)14(11)18-10-16(2,3)15(19)17-4/h5-8,11,14,18H,9-10H2,1-4H3,(H,17,19). The van der Waals surface area contributed by atoms with Gasteiger partial charge in [0.15, 0.2) is 0 Å². The molecule has 0 radical (unpaired) electrons. The normalized spacial score (nSPS) is 22.1. The molecule has 3 nitrogen and oxygen atoms in total.